The zero-order valence-electron chi connectivity index (χ0n) is 20.3. The molecular formula is C28H24N2O5S2. The van der Waals surface area contributed by atoms with Crippen molar-refractivity contribution in [2.75, 3.05) is 13.7 Å². The number of thiazole rings is 1. The van der Waals surface area contributed by atoms with Gasteiger partial charge < -0.3 is 14.2 Å². The average Bonchev–Trinajstić information content (AvgIpc) is 3.60. The Morgan fingerprint density at radius 3 is 2.57 bits per heavy atom. The highest BCUT2D eigenvalue weighted by Crippen LogP contribution is 2.32. The summed E-state index contributed by atoms with van der Waals surface area (Å²) >= 11 is 2.89. The molecule has 0 radical (unpaired) electrons. The van der Waals surface area contributed by atoms with Crippen molar-refractivity contribution in [3.63, 3.8) is 0 Å². The van der Waals surface area contributed by atoms with Gasteiger partial charge in [0.25, 0.3) is 5.56 Å². The van der Waals surface area contributed by atoms with Gasteiger partial charge in [0.05, 0.1) is 30.5 Å². The molecule has 3 aromatic heterocycles. The first-order valence-electron chi connectivity index (χ1n) is 11.7. The lowest BCUT2D eigenvalue weighted by molar-refractivity contribution is 0.0523. The van der Waals surface area contributed by atoms with E-state index >= 15 is 0 Å². The molecule has 3 heterocycles. The molecule has 7 nitrogen and oxygen atoms in total. The van der Waals surface area contributed by atoms with Crippen molar-refractivity contribution in [2.45, 2.75) is 20.1 Å². The number of hydrogen-bond donors (Lipinski definition) is 0. The van der Waals surface area contributed by atoms with Crippen LogP contribution in [-0.4, -0.2) is 29.2 Å². The molecule has 9 heteroatoms. The second-order valence-electron chi connectivity index (χ2n) is 8.09. The lowest BCUT2D eigenvalue weighted by Crippen LogP contribution is -2.26. The fourth-order valence-corrected chi connectivity index (χ4v) is 5.79. The van der Waals surface area contributed by atoms with E-state index in [0.29, 0.717) is 16.8 Å². The van der Waals surface area contributed by atoms with Crippen molar-refractivity contribution in [1.82, 2.24) is 9.55 Å². The molecule has 0 unspecified atom stereocenters. The van der Waals surface area contributed by atoms with Crippen LogP contribution in [0.5, 0.6) is 11.5 Å². The minimum Gasteiger partial charge on any atom is -0.497 e. The molecule has 0 aliphatic rings. The van der Waals surface area contributed by atoms with Gasteiger partial charge in [-0.2, -0.15) is 0 Å². The predicted molar refractivity (Wildman–Crippen MR) is 146 cm³/mol. The van der Waals surface area contributed by atoms with Crippen LogP contribution < -0.4 is 15.0 Å². The average molecular weight is 533 g/mol. The number of ether oxygens (including phenoxy) is 3. The number of nitrogens with zero attached hydrogens (tertiary/aromatic N) is 2. The molecule has 0 fully saturated rings. The van der Waals surface area contributed by atoms with Crippen LogP contribution in [0.4, 0.5) is 0 Å². The van der Waals surface area contributed by atoms with Gasteiger partial charge in [0, 0.05) is 16.6 Å². The number of esters is 1. The van der Waals surface area contributed by atoms with E-state index in [4.69, 9.17) is 14.2 Å². The predicted octanol–water partition coefficient (Wildman–Crippen LogP) is 6.00. The Labute approximate surface area is 221 Å². The third-order valence-electron chi connectivity index (χ3n) is 5.74. The SMILES string of the molecule is CCOC(=O)c1c(OCc2ccccc2)c(=O)n(Cc2cnc(-c3ccc(OC)cc3)s2)c2ccsc12. The second-order valence-corrected chi connectivity index (χ2v) is 10.1. The highest BCUT2D eigenvalue weighted by atomic mass is 32.1. The molecule has 188 valence electrons. The molecule has 37 heavy (non-hydrogen) atoms. The van der Waals surface area contributed by atoms with Crippen LogP contribution in [-0.2, 0) is 17.9 Å². The third-order valence-corrected chi connectivity index (χ3v) is 7.69. The van der Waals surface area contributed by atoms with E-state index in [1.54, 1.807) is 24.8 Å². The van der Waals surface area contributed by atoms with Crippen LogP contribution in [0.15, 0.2) is 77.0 Å². The van der Waals surface area contributed by atoms with Crippen LogP contribution in [0.25, 0.3) is 20.8 Å². The van der Waals surface area contributed by atoms with Gasteiger partial charge in [0.15, 0.2) is 0 Å². The maximum absolute atomic E-state index is 13.8. The van der Waals surface area contributed by atoms with Crippen LogP contribution in [0.1, 0.15) is 27.7 Å². The summed E-state index contributed by atoms with van der Waals surface area (Å²) in [6.07, 6.45) is 1.78. The molecule has 0 N–H and O–H groups in total. The Morgan fingerprint density at radius 1 is 1.05 bits per heavy atom. The van der Waals surface area contributed by atoms with E-state index in [1.165, 1.54) is 22.7 Å². The van der Waals surface area contributed by atoms with Crippen LogP contribution >= 0.6 is 22.7 Å². The number of carbonyl (C=O) groups is 1. The number of pyridine rings is 1. The van der Waals surface area contributed by atoms with Crippen molar-refractivity contribution >= 4 is 38.9 Å². The van der Waals surface area contributed by atoms with Crippen molar-refractivity contribution in [2.24, 2.45) is 0 Å². The van der Waals surface area contributed by atoms with Gasteiger partial charge in [-0.25, -0.2) is 9.78 Å². The number of methoxy groups -OCH3 is 1. The molecule has 0 atom stereocenters. The zero-order chi connectivity index (χ0) is 25.8. The summed E-state index contributed by atoms with van der Waals surface area (Å²) < 4.78 is 18.9. The molecule has 5 aromatic rings. The van der Waals surface area contributed by atoms with E-state index in [9.17, 15) is 9.59 Å². The Balaban J connectivity index is 1.54. The lowest BCUT2D eigenvalue weighted by Gasteiger charge is -2.15. The molecule has 0 saturated heterocycles. The van der Waals surface area contributed by atoms with E-state index in [-0.39, 0.29) is 30.1 Å². The molecule has 0 aliphatic carbocycles. The Kier molecular flexibility index (Phi) is 7.34. The minimum absolute atomic E-state index is 0.00264. The van der Waals surface area contributed by atoms with E-state index in [1.807, 2.05) is 66.0 Å². The van der Waals surface area contributed by atoms with Crippen LogP contribution in [0.2, 0.25) is 0 Å². The quantitative estimate of drug-likeness (QED) is 0.217. The lowest BCUT2D eigenvalue weighted by atomic mass is 10.2. The van der Waals surface area contributed by atoms with Crippen LogP contribution in [0, 0.1) is 0 Å². The zero-order valence-corrected chi connectivity index (χ0v) is 21.9. The van der Waals surface area contributed by atoms with Crippen molar-refractivity contribution in [1.29, 1.82) is 0 Å². The highest BCUT2D eigenvalue weighted by molar-refractivity contribution is 7.17. The van der Waals surface area contributed by atoms with Gasteiger partial charge in [0.2, 0.25) is 5.75 Å². The Morgan fingerprint density at radius 2 is 1.84 bits per heavy atom. The van der Waals surface area contributed by atoms with Gasteiger partial charge in [-0.05, 0) is 48.2 Å². The fourth-order valence-electron chi connectivity index (χ4n) is 3.96. The summed E-state index contributed by atoms with van der Waals surface area (Å²) in [5.41, 5.74) is 2.30. The van der Waals surface area contributed by atoms with Gasteiger partial charge in [-0.1, -0.05) is 30.3 Å². The number of benzene rings is 2. The fraction of sp³-hybridized carbons (Fsp3) is 0.179. The summed E-state index contributed by atoms with van der Waals surface area (Å²) in [5.74, 6) is 0.204. The van der Waals surface area contributed by atoms with E-state index in [2.05, 4.69) is 4.98 Å². The smallest absolute Gasteiger partial charge is 0.343 e. The molecule has 2 aromatic carbocycles. The molecule has 5 rings (SSSR count). The molecule has 0 bridgehead atoms. The monoisotopic (exact) mass is 532 g/mol. The Hall–Kier alpha value is -3.95. The van der Waals surface area contributed by atoms with Gasteiger partial charge in [-0.15, -0.1) is 22.7 Å². The number of hydrogen-bond acceptors (Lipinski definition) is 8. The third kappa shape index (κ3) is 5.14. The first-order chi connectivity index (χ1) is 18.1. The van der Waals surface area contributed by atoms with Gasteiger partial charge >= 0.3 is 5.97 Å². The van der Waals surface area contributed by atoms with Crippen molar-refractivity contribution < 1.29 is 19.0 Å². The first-order valence-corrected chi connectivity index (χ1v) is 13.4. The summed E-state index contributed by atoms with van der Waals surface area (Å²) in [5, 5.41) is 2.70. The summed E-state index contributed by atoms with van der Waals surface area (Å²) in [7, 11) is 1.63. The normalized spacial score (nSPS) is 11.0. The molecule has 0 aliphatic heterocycles. The number of fused-ring (bicyclic) bond motifs is 1. The second kappa shape index (κ2) is 11.0. The number of rotatable bonds is 9. The van der Waals surface area contributed by atoms with Crippen LogP contribution in [0.3, 0.4) is 0 Å². The number of carbonyl (C=O) groups excluding carboxylic acids is 1. The van der Waals surface area contributed by atoms with E-state index < -0.39 is 5.97 Å². The highest BCUT2D eigenvalue weighted by Gasteiger charge is 2.26. The summed E-state index contributed by atoms with van der Waals surface area (Å²) in [6.45, 7) is 2.38. The van der Waals surface area contributed by atoms with Crippen molar-refractivity contribution in [3.8, 4) is 22.1 Å². The molecule has 0 saturated carbocycles. The van der Waals surface area contributed by atoms with E-state index in [0.717, 1.165) is 26.8 Å². The summed E-state index contributed by atoms with van der Waals surface area (Å²) in [4.78, 5) is 32.2. The Bertz CT molecular complexity index is 1590. The van der Waals surface area contributed by atoms with Gasteiger partial charge in [0.1, 0.15) is 22.9 Å². The minimum atomic E-state index is -0.568. The number of aromatic nitrogens is 2. The molecular weight excluding hydrogens is 508 g/mol. The maximum Gasteiger partial charge on any atom is 0.343 e. The topological polar surface area (TPSA) is 79.7 Å². The van der Waals surface area contributed by atoms with Crippen molar-refractivity contribution in [3.05, 3.63) is 98.6 Å². The number of thiophene rings is 1. The van der Waals surface area contributed by atoms with Gasteiger partial charge in [-0.3, -0.25) is 9.36 Å². The molecule has 0 amide bonds. The summed E-state index contributed by atoms with van der Waals surface area (Å²) in [6, 6.07) is 19.0. The first kappa shape index (κ1) is 24.7. The standard InChI is InChI=1S/C28H24N2O5S2/c1-3-34-28(32)23-24(35-17-18-7-5-4-6-8-18)27(31)30(22-13-14-36-25(22)23)16-21-15-29-26(37-21)19-9-11-20(33-2)12-10-19/h4-15H,3,16-17H2,1-2H3. The molecule has 0 spiro atoms. The largest absolute Gasteiger partial charge is 0.497 e. The maximum atomic E-state index is 13.8.